The predicted octanol–water partition coefficient (Wildman–Crippen LogP) is 4.58. The molecule has 2 atom stereocenters. The zero-order chi connectivity index (χ0) is 16.8. The van der Waals surface area contributed by atoms with E-state index in [0.29, 0.717) is 18.0 Å². The number of nitrogens with zero attached hydrogens (tertiary/aromatic N) is 3. The zero-order valence-corrected chi connectivity index (χ0v) is 14.9. The van der Waals surface area contributed by atoms with Crippen molar-refractivity contribution in [1.82, 2.24) is 9.97 Å². The van der Waals surface area contributed by atoms with Gasteiger partial charge in [-0.3, -0.25) is 0 Å². The molecule has 1 aromatic carbocycles. The highest BCUT2D eigenvalue weighted by atomic mass is 15.2. The molecule has 4 aliphatic rings. The van der Waals surface area contributed by atoms with Crippen LogP contribution >= 0.6 is 0 Å². The summed E-state index contributed by atoms with van der Waals surface area (Å²) in [7, 11) is 0. The van der Waals surface area contributed by atoms with Crippen LogP contribution in [0.5, 0.6) is 0 Å². The molecule has 1 N–H and O–H groups in total. The number of anilines is 2. The van der Waals surface area contributed by atoms with Crippen LogP contribution in [0.1, 0.15) is 67.4 Å². The Labute approximate surface area is 149 Å². The van der Waals surface area contributed by atoms with Crippen molar-refractivity contribution in [2.75, 3.05) is 16.8 Å². The van der Waals surface area contributed by atoms with Crippen LogP contribution in [0.25, 0.3) is 0 Å². The standard InChI is InChI=1S/C21H26N4/c1-14-22-20(24-16-6-2-3-7-16)12-21(23-14)25-13-15-10-11-19(25)18-9-5-4-8-17(15)18/h4-5,8-9,12,15-16,19H,2-3,6-7,10-11,13H2,1H3,(H,22,23,24)/t15-,19+/m1/s1. The Morgan fingerprint density at radius 2 is 1.80 bits per heavy atom. The van der Waals surface area contributed by atoms with Gasteiger partial charge in [0.25, 0.3) is 0 Å². The van der Waals surface area contributed by atoms with E-state index in [4.69, 9.17) is 4.98 Å². The van der Waals surface area contributed by atoms with E-state index >= 15 is 0 Å². The SMILES string of the molecule is Cc1nc(NC2CCCC2)cc(N2C[C@H]3CC[C@H]2c2ccccc23)n1. The number of rotatable bonds is 3. The van der Waals surface area contributed by atoms with Crippen molar-refractivity contribution in [3.63, 3.8) is 0 Å². The van der Waals surface area contributed by atoms with Crippen LogP contribution in [0.4, 0.5) is 11.6 Å². The van der Waals surface area contributed by atoms with E-state index in [2.05, 4.69) is 45.5 Å². The molecule has 6 rings (SSSR count). The molecular weight excluding hydrogens is 308 g/mol. The normalized spacial score (nSPS) is 25.2. The summed E-state index contributed by atoms with van der Waals surface area (Å²) in [5.41, 5.74) is 3.07. The summed E-state index contributed by atoms with van der Waals surface area (Å²) in [5, 5.41) is 3.65. The summed E-state index contributed by atoms with van der Waals surface area (Å²) in [4.78, 5) is 12.0. The molecule has 0 amide bonds. The summed E-state index contributed by atoms with van der Waals surface area (Å²) >= 11 is 0. The number of benzene rings is 1. The minimum absolute atomic E-state index is 0.467. The second-order valence-electron chi connectivity index (χ2n) is 7.86. The largest absolute Gasteiger partial charge is 0.367 e. The zero-order valence-electron chi connectivity index (χ0n) is 14.9. The molecule has 1 saturated carbocycles. The number of hydrogen-bond acceptors (Lipinski definition) is 4. The lowest BCUT2D eigenvalue weighted by Crippen LogP contribution is -2.43. The Bertz CT molecular complexity index is 781. The highest BCUT2D eigenvalue weighted by Crippen LogP contribution is 2.48. The van der Waals surface area contributed by atoms with Crippen molar-refractivity contribution in [3.8, 4) is 0 Å². The maximum Gasteiger partial charge on any atom is 0.134 e. The molecule has 25 heavy (non-hydrogen) atoms. The van der Waals surface area contributed by atoms with Gasteiger partial charge in [-0.25, -0.2) is 9.97 Å². The number of fused-ring (bicyclic) bond motifs is 2. The van der Waals surface area contributed by atoms with E-state index in [1.165, 1.54) is 44.1 Å². The number of aryl methyl sites for hydroxylation is 1. The minimum Gasteiger partial charge on any atom is -0.367 e. The van der Waals surface area contributed by atoms with Crippen LogP contribution in [0.15, 0.2) is 30.3 Å². The van der Waals surface area contributed by atoms with Crippen LogP contribution in [0.2, 0.25) is 0 Å². The molecule has 2 aliphatic carbocycles. The topological polar surface area (TPSA) is 41.1 Å². The second-order valence-corrected chi connectivity index (χ2v) is 7.86. The third kappa shape index (κ3) is 2.68. The molecule has 1 saturated heterocycles. The lowest BCUT2D eigenvalue weighted by Gasteiger charge is -2.47. The van der Waals surface area contributed by atoms with Crippen LogP contribution in [0.3, 0.4) is 0 Å². The Morgan fingerprint density at radius 3 is 2.64 bits per heavy atom. The monoisotopic (exact) mass is 334 g/mol. The molecule has 4 heteroatoms. The van der Waals surface area contributed by atoms with Gasteiger partial charge in [0.1, 0.15) is 17.5 Å². The fourth-order valence-corrected chi connectivity index (χ4v) is 5.04. The number of aromatic nitrogens is 2. The van der Waals surface area contributed by atoms with E-state index in [0.717, 1.165) is 24.0 Å². The first-order valence-corrected chi connectivity index (χ1v) is 9.75. The average Bonchev–Trinajstić information content (AvgIpc) is 3.15. The van der Waals surface area contributed by atoms with Crippen LogP contribution in [0, 0.1) is 6.92 Å². The lowest BCUT2D eigenvalue weighted by molar-refractivity contribution is 0.387. The van der Waals surface area contributed by atoms with Crippen molar-refractivity contribution >= 4 is 11.6 Å². The van der Waals surface area contributed by atoms with Crippen LogP contribution in [-0.4, -0.2) is 22.6 Å². The van der Waals surface area contributed by atoms with Gasteiger partial charge in [-0.15, -0.1) is 0 Å². The van der Waals surface area contributed by atoms with E-state index in [-0.39, 0.29) is 0 Å². The first-order chi connectivity index (χ1) is 12.3. The van der Waals surface area contributed by atoms with Crippen molar-refractivity contribution in [1.29, 1.82) is 0 Å². The summed E-state index contributed by atoms with van der Waals surface area (Å²) in [5.74, 6) is 3.61. The van der Waals surface area contributed by atoms with Gasteiger partial charge in [-0.1, -0.05) is 37.1 Å². The van der Waals surface area contributed by atoms with Gasteiger partial charge in [0.05, 0.1) is 6.04 Å². The fraction of sp³-hybridized carbons (Fsp3) is 0.524. The fourth-order valence-electron chi connectivity index (χ4n) is 5.04. The van der Waals surface area contributed by atoms with Gasteiger partial charge in [0.15, 0.2) is 0 Å². The highest BCUT2D eigenvalue weighted by molar-refractivity contribution is 5.55. The Hall–Kier alpha value is -2.10. The number of hydrogen-bond donors (Lipinski definition) is 1. The van der Waals surface area contributed by atoms with Gasteiger partial charge in [-0.05, 0) is 43.7 Å². The molecule has 2 fully saturated rings. The average molecular weight is 334 g/mol. The van der Waals surface area contributed by atoms with Gasteiger partial charge in [-0.2, -0.15) is 0 Å². The maximum atomic E-state index is 4.80. The first-order valence-electron chi connectivity index (χ1n) is 9.75. The van der Waals surface area contributed by atoms with Gasteiger partial charge in [0, 0.05) is 24.6 Å². The molecule has 0 radical (unpaired) electrons. The van der Waals surface area contributed by atoms with Gasteiger partial charge >= 0.3 is 0 Å². The lowest BCUT2D eigenvalue weighted by atomic mass is 9.75. The maximum absolute atomic E-state index is 4.80. The van der Waals surface area contributed by atoms with Crippen molar-refractivity contribution < 1.29 is 0 Å². The van der Waals surface area contributed by atoms with Crippen molar-refractivity contribution in [3.05, 3.63) is 47.3 Å². The van der Waals surface area contributed by atoms with Crippen LogP contribution < -0.4 is 10.2 Å². The van der Waals surface area contributed by atoms with E-state index < -0.39 is 0 Å². The Morgan fingerprint density at radius 1 is 1.00 bits per heavy atom. The highest BCUT2D eigenvalue weighted by Gasteiger charge is 2.38. The van der Waals surface area contributed by atoms with Gasteiger partial charge in [0.2, 0.25) is 0 Å². The first kappa shape index (κ1) is 15.2. The molecular formula is C21H26N4. The third-order valence-corrected chi connectivity index (χ3v) is 6.20. The minimum atomic E-state index is 0.467. The second kappa shape index (κ2) is 6.01. The third-order valence-electron chi connectivity index (χ3n) is 6.20. The summed E-state index contributed by atoms with van der Waals surface area (Å²) in [6.07, 6.45) is 7.73. The predicted molar refractivity (Wildman–Crippen MR) is 101 cm³/mol. The van der Waals surface area contributed by atoms with Gasteiger partial charge < -0.3 is 10.2 Å². The van der Waals surface area contributed by atoms with E-state index in [1.54, 1.807) is 5.56 Å². The van der Waals surface area contributed by atoms with Crippen molar-refractivity contribution in [2.24, 2.45) is 0 Å². The summed E-state index contributed by atoms with van der Waals surface area (Å²) in [6.45, 7) is 3.10. The van der Waals surface area contributed by atoms with E-state index in [9.17, 15) is 0 Å². The summed E-state index contributed by atoms with van der Waals surface area (Å²) < 4.78 is 0. The van der Waals surface area contributed by atoms with Crippen molar-refractivity contribution in [2.45, 2.75) is 63.5 Å². The molecule has 130 valence electrons. The number of piperidine rings is 1. The molecule has 2 aromatic rings. The Balaban J connectivity index is 1.46. The summed E-state index contributed by atoms with van der Waals surface area (Å²) in [6, 6.07) is 12.2. The molecule has 0 spiro atoms. The molecule has 3 heterocycles. The Kier molecular flexibility index (Phi) is 3.65. The molecule has 2 aliphatic heterocycles. The number of nitrogens with one attached hydrogen (secondary N) is 1. The molecule has 4 nitrogen and oxygen atoms in total. The molecule has 2 bridgehead atoms. The smallest absolute Gasteiger partial charge is 0.134 e. The quantitative estimate of drug-likeness (QED) is 0.892. The molecule has 0 unspecified atom stereocenters. The molecule has 1 aromatic heterocycles. The van der Waals surface area contributed by atoms with E-state index in [1.807, 2.05) is 6.92 Å². The van der Waals surface area contributed by atoms with Crippen LogP contribution in [-0.2, 0) is 0 Å².